The topological polar surface area (TPSA) is 68.3 Å². The number of benzene rings is 1. The maximum absolute atomic E-state index is 5.94. The summed E-state index contributed by atoms with van der Waals surface area (Å²) in [4.78, 5) is 2.51. The number of furan rings is 1. The Morgan fingerprint density at radius 3 is 3.07 bits per heavy atom. The number of nitrogens with zero attached hydrogens (tertiary/aromatic N) is 4. The van der Waals surface area contributed by atoms with Crippen molar-refractivity contribution in [3.05, 3.63) is 54.0 Å². The molecule has 0 amide bonds. The van der Waals surface area contributed by atoms with Gasteiger partial charge in [-0.2, -0.15) is 0 Å². The molecular formula is C21H27N5O2S. The van der Waals surface area contributed by atoms with E-state index >= 15 is 0 Å². The van der Waals surface area contributed by atoms with E-state index in [0.29, 0.717) is 6.04 Å². The summed E-state index contributed by atoms with van der Waals surface area (Å²) in [6, 6.07) is 12.8. The van der Waals surface area contributed by atoms with Crippen molar-refractivity contribution in [2.24, 2.45) is 7.05 Å². The summed E-state index contributed by atoms with van der Waals surface area (Å²) in [6.07, 6.45) is 4.08. The van der Waals surface area contributed by atoms with E-state index in [1.54, 1.807) is 13.4 Å². The van der Waals surface area contributed by atoms with Crippen LogP contribution in [0.25, 0.3) is 0 Å². The van der Waals surface area contributed by atoms with Gasteiger partial charge in [0, 0.05) is 26.2 Å². The third-order valence-electron chi connectivity index (χ3n) is 5.11. The number of aryl methyl sites for hydroxylation is 1. The summed E-state index contributed by atoms with van der Waals surface area (Å²) in [5, 5.41) is 13.3. The quantitative estimate of drug-likeness (QED) is 0.607. The van der Waals surface area contributed by atoms with Gasteiger partial charge in [-0.3, -0.25) is 4.90 Å². The molecule has 0 spiro atoms. The van der Waals surface area contributed by atoms with Crippen molar-refractivity contribution < 1.29 is 9.15 Å². The highest BCUT2D eigenvalue weighted by Crippen LogP contribution is 2.27. The minimum Gasteiger partial charge on any atom is -0.497 e. The van der Waals surface area contributed by atoms with E-state index in [-0.39, 0.29) is 0 Å². The summed E-state index contributed by atoms with van der Waals surface area (Å²) in [5.74, 6) is 1.86. The van der Waals surface area contributed by atoms with Crippen LogP contribution >= 0.6 is 11.8 Å². The predicted octanol–water partition coefficient (Wildman–Crippen LogP) is 3.32. The van der Waals surface area contributed by atoms with Gasteiger partial charge in [0.05, 0.1) is 13.7 Å². The van der Waals surface area contributed by atoms with Gasteiger partial charge >= 0.3 is 0 Å². The van der Waals surface area contributed by atoms with Crippen LogP contribution in [-0.2, 0) is 20.1 Å². The Balaban J connectivity index is 1.27. The Hall–Kier alpha value is -2.29. The van der Waals surface area contributed by atoms with Crippen molar-refractivity contribution in [1.29, 1.82) is 0 Å². The van der Waals surface area contributed by atoms with Crippen LogP contribution in [0.4, 0.5) is 0 Å². The van der Waals surface area contributed by atoms with Crippen LogP contribution in [0.15, 0.2) is 57.4 Å². The van der Waals surface area contributed by atoms with Crippen LogP contribution in [0.1, 0.15) is 24.2 Å². The zero-order chi connectivity index (χ0) is 20.1. The van der Waals surface area contributed by atoms with E-state index in [1.807, 2.05) is 29.8 Å². The van der Waals surface area contributed by atoms with E-state index in [4.69, 9.17) is 9.15 Å². The van der Waals surface area contributed by atoms with Crippen LogP contribution in [0.5, 0.6) is 5.75 Å². The Bertz CT molecular complexity index is 925. The molecule has 0 radical (unpaired) electrons. The van der Waals surface area contributed by atoms with Gasteiger partial charge in [-0.1, -0.05) is 12.1 Å². The SMILES string of the molecule is COc1cccc(CN2CCC[C@H](NCc3ccc(Sc4nncn4C)o3)C2)c1. The molecule has 1 aromatic carbocycles. The molecule has 0 unspecified atom stereocenters. The molecule has 8 heteroatoms. The van der Waals surface area contributed by atoms with Gasteiger partial charge < -0.3 is 19.0 Å². The highest BCUT2D eigenvalue weighted by molar-refractivity contribution is 7.99. The molecular weight excluding hydrogens is 386 g/mol. The Kier molecular flexibility index (Phi) is 6.53. The second-order valence-electron chi connectivity index (χ2n) is 7.35. The van der Waals surface area contributed by atoms with Crippen LogP contribution in [-0.4, -0.2) is 45.9 Å². The fourth-order valence-corrected chi connectivity index (χ4v) is 4.35. The Morgan fingerprint density at radius 2 is 2.24 bits per heavy atom. The van der Waals surface area contributed by atoms with E-state index < -0.39 is 0 Å². The molecule has 1 fully saturated rings. The molecule has 1 atom stereocenters. The van der Waals surface area contributed by atoms with Gasteiger partial charge in [0.1, 0.15) is 17.8 Å². The monoisotopic (exact) mass is 413 g/mol. The third-order valence-corrected chi connectivity index (χ3v) is 6.08. The summed E-state index contributed by atoms with van der Waals surface area (Å²) < 4.78 is 13.2. The molecule has 1 aliphatic heterocycles. The van der Waals surface area contributed by atoms with Gasteiger partial charge in [-0.15, -0.1) is 10.2 Å². The number of hydrogen-bond acceptors (Lipinski definition) is 7. The molecule has 0 saturated carbocycles. The van der Waals surface area contributed by atoms with Crippen molar-refractivity contribution in [3.63, 3.8) is 0 Å². The van der Waals surface area contributed by atoms with Crippen molar-refractivity contribution in [1.82, 2.24) is 25.0 Å². The molecule has 3 aromatic rings. The lowest BCUT2D eigenvalue weighted by Crippen LogP contribution is -2.44. The van der Waals surface area contributed by atoms with Crippen LogP contribution < -0.4 is 10.1 Å². The van der Waals surface area contributed by atoms with Crippen LogP contribution in [0.2, 0.25) is 0 Å². The third kappa shape index (κ3) is 5.41. The Labute approximate surface area is 175 Å². The van der Waals surface area contributed by atoms with Crippen LogP contribution in [0, 0.1) is 0 Å². The molecule has 154 valence electrons. The lowest BCUT2D eigenvalue weighted by Gasteiger charge is -2.33. The van der Waals surface area contributed by atoms with Gasteiger partial charge in [0.15, 0.2) is 10.2 Å². The summed E-state index contributed by atoms with van der Waals surface area (Å²) in [5.41, 5.74) is 1.29. The molecule has 1 saturated heterocycles. The Morgan fingerprint density at radius 1 is 1.31 bits per heavy atom. The second-order valence-corrected chi connectivity index (χ2v) is 8.33. The molecule has 4 rings (SSSR count). The first-order valence-corrected chi connectivity index (χ1v) is 10.7. The van der Waals surface area contributed by atoms with Crippen molar-refractivity contribution >= 4 is 11.8 Å². The zero-order valence-electron chi connectivity index (χ0n) is 16.9. The van der Waals surface area contributed by atoms with Crippen molar-refractivity contribution in [2.45, 2.75) is 42.2 Å². The van der Waals surface area contributed by atoms with Gasteiger partial charge in [-0.25, -0.2) is 0 Å². The first-order chi connectivity index (χ1) is 14.2. The average Bonchev–Trinajstić information content (AvgIpc) is 3.36. The van der Waals surface area contributed by atoms with E-state index in [9.17, 15) is 0 Å². The van der Waals surface area contributed by atoms with Gasteiger partial charge in [0.2, 0.25) is 0 Å². The summed E-state index contributed by atoms with van der Waals surface area (Å²) >= 11 is 1.48. The smallest absolute Gasteiger partial charge is 0.198 e. The summed E-state index contributed by atoms with van der Waals surface area (Å²) in [6.45, 7) is 3.86. The van der Waals surface area contributed by atoms with Gasteiger partial charge in [-0.05, 0) is 61.0 Å². The average molecular weight is 414 g/mol. The lowest BCUT2D eigenvalue weighted by atomic mass is 10.0. The number of ether oxygens (including phenoxy) is 1. The number of piperidine rings is 1. The first-order valence-electron chi connectivity index (χ1n) is 9.89. The number of nitrogens with one attached hydrogen (secondary N) is 1. The number of likely N-dealkylation sites (tertiary alicyclic amines) is 1. The van der Waals surface area contributed by atoms with Crippen molar-refractivity contribution in [3.8, 4) is 5.75 Å². The molecule has 1 N–H and O–H groups in total. The molecule has 29 heavy (non-hydrogen) atoms. The number of methoxy groups -OCH3 is 1. The molecule has 2 aromatic heterocycles. The van der Waals surface area contributed by atoms with Crippen LogP contribution in [0.3, 0.4) is 0 Å². The minimum atomic E-state index is 0.467. The van der Waals surface area contributed by atoms with E-state index in [1.165, 1.54) is 30.2 Å². The molecule has 1 aliphatic rings. The largest absolute Gasteiger partial charge is 0.497 e. The number of hydrogen-bond donors (Lipinski definition) is 1. The minimum absolute atomic E-state index is 0.467. The van der Waals surface area contributed by atoms with Crippen molar-refractivity contribution in [2.75, 3.05) is 20.2 Å². The molecule has 0 bridgehead atoms. The zero-order valence-corrected chi connectivity index (χ0v) is 17.7. The maximum Gasteiger partial charge on any atom is 0.198 e. The number of rotatable bonds is 8. The second kappa shape index (κ2) is 9.47. The normalized spacial score (nSPS) is 17.5. The molecule has 3 heterocycles. The standard InChI is InChI=1S/C21H27N5O2S/c1-25-15-23-24-21(25)29-20-9-8-19(28-20)12-22-17-6-4-10-26(14-17)13-16-5-3-7-18(11-16)27-2/h3,5,7-9,11,15,17,22H,4,6,10,12-14H2,1-2H3/t17-/m0/s1. The van der Waals surface area contributed by atoms with Gasteiger partial charge in [0.25, 0.3) is 0 Å². The number of aromatic nitrogens is 3. The van der Waals surface area contributed by atoms with E-state index in [0.717, 1.165) is 47.9 Å². The highest BCUT2D eigenvalue weighted by Gasteiger charge is 2.20. The predicted molar refractivity (Wildman–Crippen MR) is 112 cm³/mol. The maximum atomic E-state index is 5.94. The fraction of sp³-hybridized carbons (Fsp3) is 0.429. The van der Waals surface area contributed by atoms with E-state index in [2.05, 4.69) is 38.6 Å². The fourth-order valence-electron chi connectivity index (χ4n) is 3.60. The summed E-state index contributed by atoms with van der Waals surface area (Å²) in [7, 11) is 3.64. The lowest BCUT2D eigenvalue weighted by molar-refractivity contribution is 0.180. The highest BCUT2D eigenvalue weighted by atomic mass is 32.2. The first kappa shape index (κ1) is 20.0. The molecule has 7 nitrogen and oxygen atoms in total. The molecule has 0 aliphatic carbocycles.